The average molecular weight is 362 g/mol. The minimum Gasteiger partial charge on any atom is -0.465 e. The molecule has 0 aromatic heterocycles. The number of rotatable bonds is 3. The summed E-state index contributed by atoms with van der Waals surface area (Å²) in [4.78, 5) is 37.3. The molecule has 2 N–H and O–H groups in total. The lowest BCUT2D eigenvalue weighted by molar-refractivity contribution is -0.115. The van der Waals surface area contributed by atoms with Crippen molar-refractivity contribution in [2.45, 2.75) is 24.9 Å². The molecule has 0 unspecified atom stereocenters. The van der Waals surface area contributed by atoms with Crippen LogP contribution in [0.4, 0.5) is 9.59 Å². The molecule has 8 nitrogen and oxygen atoms in total. The molecule has 1 atom stereocenters. The van der Waals surface area contributed by atoms with Crippen LogP contribution in [-0.4, -0.2) is 78.1 Å². The Hall–Kier alpha value is -2.61. The molecule has 1 aromatic carbocycles. The molecule has 0 bridgehead atoms. The topological polar surface area (TPSA) is 93.2 Å². The second kappa shape index (κ2) is 9.19. The van der Waals surface area contributed by atoms with Gasteiger partial charge in [0.2, 0.25) is 6.41 Å². The van der Waals surface area contributed by atoms with E-state index in [9.17, 15) is 19.5 Å². The summed E-state index contributed by atoms with van der Waals surface area (Å²) in [5, 5.41) is 12.5. The number of amides is 4. The summed E-state index contributed by atoms with van der Waals surface area (Å²) in [5.41, 5.74) is 0.994. The van der Waals surface area contributed by atoms with Crippen molar-refractivity contribution in [2.75, 3.05) is 33.7 Å². The van der Waals surface area contributed by atoms with Gasteiger partial charge in [-0.3, -0.25) is 4.79 Å². The van der Waals surface area contributed by atoms with Crippen LogP contribution < -0.4 is 5.32 Å². The number of carboxylic acid groups (broad SMARTS) is 1. The van der Waals surface area contributed by atoms with Crippen molar-refractivity contribution >= 4 is 18.5 Å². The predicted molar refractivity (Wildman–Crippen MR) is 96.8 cm³/mol. The highest BCUT2D eigenvalue weighted by Crippen LogP contribution is 2.33. The van der Waals surface area contributed by atoms with Crippen LogP contribution >= 0.6 is 0 Å². The lowest BCUT2D eigenvalue weighted by Gasteiger charge is -2.35. The third-order valence-corrected chi connectivity index (χ3v) is 4.47. The van der Waals surface area contributed by atoms with Crippen molar-refractivity contribution in [2.24, 2.45) is 0 Å². The number of imide groups is 1. The smallest absolute Gasteiger partial charge is 0.415 e. The normalized spacial score (nSPS) is 20.4. The Morgan fingerprint density at radius 3 is 2.31 bits per heavy atom. The van der Waals surface area contributed by atoms with Crippen LogP contribution in [0.25, 0.3) is 0 Å². The van der Waals surface area contributed by atoms with Crippen molar-refractivity contribution in [1.82, 2.24) is 20.0 Å². The molecule has 0 spiro atoms. The van der Waals surface area contributed by atoms with Gasteiger partial charge in [-0.05, 0) is 31.5 Å². The van der Waals surface area contributed by atoms with Crippen LogP contribution in [0.5, 0.6) is 0 Å². The number of nitrogens with one attached hydrogen (secondary N) is 1. The van der Waals surface area contributed by atoms with Crippen molar-refractivity contribution in [3.8, 4) is 0 Å². The first kappa shape index (κ1) is 19.7. The van der Waals surface area contributed by atoms with Crippen LogP contribution in [0.1, 0.15) is 24.4 Å². The van der Waals surface area contributed by atoms with Gasteiger partial charge in [-0.2, -0.15) is 0 Å². The molecular weight excluding hydrogens is 336 g/mol. The maximum absolute atomic E-state index is 12.5. The van der Waals surface area contributed by atoms with E-state index < -0.39 is 6.09 Å². The molecule has 26 heavy (non-hydrogen) atoms. The van der Waals surface area contributed by atoms with Crippen LogP contribution in [0.3, 0.4) is 0 Å². The number of piperidine rings is 1. The van der Waals surface area contributed by atoms with E-state index in [1.54, 1.807) is 19.0 Å². The Labute approximate surface area is 153 Å². The zero-order valence-corrected chi connectivity index (χ0v) is 15.2. The highest BCUT2D eigenvalue weighted by Gasteiger charge is 2.44. The summed E-state index contributed by atoms with van der Waals surface area (Å²) in [5.74, 6) is 0. The summed E-state index contributed by atoms with van der Waals surface area (Å²) >= 11 is 0. The van der Waals surface area contributed by atoms with E-state index in [0.717, 1.165) is 42.8 Å². The van der Waals surface area contributed by atoms with Crippen LogP contribution in [0.2, 0.25) is 0 Å². The second-order valence-corrected chi connectivity index (χ2v) is 6.56. The minimum atomic E-state index is -1.17. The summed E-state index contributed by atoms with van der Waals surface area (Å²) in [6, 6.07) is 9.21. The molecule has 8 heteroatoms. The Bertz CT molecular complexity index is 617. The first-order valence-electron chi connectivity index (χ1n) is 8.65. The molecule has 3 rings (SSSR count). The van der Waals surface area contributed by atoms with Gasteiger partial charge in [-0.15, -0.1) is 0 Å². The number of hydrogen-bond donors (Lipinski definition) is 2. The molecule has 0 aliphatic carbocycles. The minimum absolute atomic E-state index is 0.105. The van der Waals surface area contributed by atoms with Gasteiger partial charge >= 0.3 is 12.1 Å². The highest BCUT2D eigenvalue weighted by molar-refractivity contribution is 5.92. The van der Waals surface area contributed by atoms with E-state index in [1.807, 2.05) is 30.3 Å². The zero-order valence-electron chi connectivity index (χ0n) is 15.2. The number of carbonyl (C=O) groups is 3. The van der Waals surface area contributed by atoms with Gasteiger partial charge in [0.05, 0.1) is 12.6 Å². The van der Waals surface area contributed by atoms with E-state index in [4.69, 9.17) is 0 Å². The fraction of sp³-hybridized carbons (Fsp3) is 0.500. The number of carbonyl (C=O) groups excluding carboxylic acids is 2. The van der Waals surface area contributed by atoms with Crippen molar-refractivity contribution in [3.63, 3.8) is 0 Å². The molecule has 4 amide bonds. The van der Waals surface area contributed by atoms with Crippen LogP contribution in [0, 0.1) is 0 Å². The number of urea groups is 1. The number of benzene rings is 1. The molecule has 0 saturated carbocycles. The van der Waals surface area contributed by atoms with Gasteiger partial charge in [0, 0.05) is 20.1 Å². The van der Waals surface area contributed by atoms with Crippen molar-refractivity contribution < 1.29 is 19.5 Å². The standard InChI is InChI=1S/C15H19N3O3.C3H7NO/c19-14-17(15(20)21)10-13(11-4-2-1-3-5-11)18(14)12-6-8-16-9-7-12;1-4(2)3-5/h1-5,12-13,16H,6-10H2,(H,20,21);3H,1-2H3/t13-;/m0./s1. The van der Waals surface area contributed by atoms with E-state index in [2.05, 4.69) is 5.32 Å². The fourth-order valence-corrected chi connectivity index (χ4v) is 3.21. The predicted octanol–water partition coefficient (Wildman–Crippen LogP) is 1.60. The maximum Gasteiger partial charge on any atom is 0.415 e. The fourth-order valence-electron chi connectivity index (χ4n) is 3.21. The highest BCUT2D eigenvalue weighted by atomic mass is 16.4. The molecule has 2 heterocycles. The third-order valence-electron chi connectivity index (χ3n) is 4.47. The maximum atomic E-state index is 12.5. The lowest BCUT2D eigenvalue weighted by Crippen LogP contribution is -2.46. The molecule has 1 aromatic rings. The Morgan fingerprint density at radius 1 is 1.23 bits per heavy atom. The quantitative estimate of drug-likeness (QED) is 0.797. The third kappa shape index (κ3) is 4.72. The van der Waals surface area contributed by atoms with Crippen molar-refractivity contribution in [3.05, 3.63) is 35.9 Å². The molecule has 2 aliphatic heterocycles. The molecule has 2 fully saturated rings. The van der Waals surface area contributed by atoms with Gasteiger partial charge in [-0.25, -0.2) is 14.5 Å². The summed E-state index contributed by atoms with van der Waals surface area (Å²) in [6.07, 6.45) is 1.31. The van der Waals surface area contributed by atoms with E-state index in [0.29, 0.717) is 0 Å². The number of nitrogens with zero attached hydrogens (tertiary/aromatic N) is 3. The van der Waals surface area contributed by atoms with E-state index in [1.165, 1.54) is 4.90 Å². The Morgan fingerprint density at radius 2 is 1.81 bits per heavy atom. The van der Waals surface area contributed by atoms with Crippen LogP contribution in [-0.2, 0) is 4.79 Å². The molecule has 2 saturated heterocycles. The zero-order chi connectivity index (χ0) is 19.1. The molecule has 0 radical (unpaired) electrons. The van der Waals surface area contributed by atoms with E-state index >= 15 is 0 Å². The summed E-state index contributed by atoms with van der Waals surface area (Å²) in [6.45, 7) is 1.94. The van der Waals surface area contributed by atoms with Gasteiger partial charge in [0.15, 0.2) is 0 Å². The average Bonchev–Trinajstić information content (AvgIpc) is 3.01. The Balaban J connectivity index is 0.000000431. The van der Waals surface area contributed by atoms with Gasteiger partial charge in [0.1, 0.15) is 0 Å². The van der Waals surface area contributed by atoms with Gasteiger partial charge < -0.3 is 20.2 Å². The first-order valence-corrected chi connectivity index (χ1v) is 8.65. The largest absolute Gasteiger partial charge is 0.465 e. The van der Waals surface area contributed by atoms with Crippen LogP contribution in [0.15, 0.2) is 30.3 Å². The van der Waals surface area contributed by atoms with Gasteiger partial charge in [-0.1, -0.05) is 30.3 Å². The lowest BCUT2D eigenvalue weighted by atomic mass is 10.00. The number of hydrogen-bond acceptors (Lipinski definition) is 4. The Kier molecular flexibility index (Phi) is 6.97. The first-order chi connectivity index (χ1) is 12.5. The monoisotopic (exact) mass is 362 g/mol. The van der Waals surface area contributed by atoms with Gasteiger partial charge in [0.25, 0.3) is 0 Å². The summed E-state index contributed by atoms with van der Waals surface area (Å²) < 4.78 is 0. The second-order valence-electron chi connectivity index (χ2n) is 6.56. The molecular formula is C18H26N4O4. The molecule has 2 aliphatic rings. The molecule has 142 valence electrons. The van der Waals surface area contributed by atoms with E-state index in [-0.39, 0.29) is 24.7 Å². The van der Waals surface area contributed by atoms with Crippen molar-refractivity contribution in [1.29, 1.82) is 0 Å². The SMILES string of the molecule is CN(C)C=O.O=C(O)N1C[C@@H](c2ccccc2)N(C2CCNCC2)C1=O. The summed E-state index contributed by atoms with van der Waals surface area (Å²) in [7, 11) is 3.38.